The van der Waals surface area contributed by atoms with Crippen molar-refractivity contribution in [1.82, 2.24) is 0 Å². The first kappa shape index (κ1) is 10.9. The van der Waals surface area contributed by atoms with E-state index in [-0.39, 0.29) is 11.5 Å². The van der Waals surface area contributed by atoms with Crippen LogP contribution in [0, 0.1) is 11.3 Å². The second-order valence-electron chi connectivity index (χ2n) is 4.80. The first-order valence-corrected chi connectivity index (χ1v) is 5.93. The summed E-state index contributed by atoms with van der Waals surface area (Å²) in [5, 5.41) is 0. The first-order chi connectivity index (χ1) is 7.24. The second-order valence-corrected chi connectivity index (χ2v) is 4.80. The van der Waals surface area contributed by atoms with Crippen molar-refractivity contribution in [2.24, 2.45) is 11.3 Å². The van der Waals surface area contributed by atoms with Crippen LogP contribution in [0.3, 0.4) is 0 Å². The number of hydrogen-bond donors (Lipinski definition) is 0. The molecule has 3 atom stereocenters. The van der Waals surface area contributed by atoms with Gasteiger partial charge in [-0.1, -0.05) is 18.6 Å². The van der Waals surface area contributed by atoms with Gasteiger partial charge in [0, 0.05) is 24.9 Å². The van der Waals surface area contributed by atoms with Crippen molar-refractivity contribution in [1.29, 1.82) is 0 Å². The zero-order chi connectivity index (χ0) is 10.9. The van der Waals surface area contributed by atoms with Crippen LogP contribution in [-0.4, -0.2) is 19.0 Å². The molecular formula is C13H20O2. The number of carbonyl (C=O) groups is 1. The fraction of sp³-hybridized carbons (Fsp3) is 0.769. The van der Waals surface area contributed by atoms with Crippen LogP contribution in [0.25, 0.3) is 0 Å². The summed E-state index contributed by atoms with van der Waals surface area (Å²) in [5.41, 5.74) is 0.000185. The van der Waals surface area contributed by atoms with Gasteiger partial charge in [-0.05, 0) is 26.2 Å². The van der Waals surface area contributed by atoms with Gasteiger partial charge in [-0.25, -0.2) is 0 Å². The Morgan fingerprint density at radius 1 is 1.53 bits per heavy atom. The summed E-state index contributed by atoms with van der Waals surface area (Å²) in [7, 11) is 1.75. The molecule has 0 aromatic heterocycles. The van der Waals surface area contributed by atoms with Crippen molar-refractivity contribution >= 4 is 5.78 Å². The molecule has 2 rings (SSSR count). The van der Waals surface area contributed by atoms with Crippen LogP contribution in [0.5, 0.6) is 0 Å². The summed E-state index contributed by atoms with van der Waals surface area (Å²) in [5.74, 6) is 0.913. The van der Waals surface area contributed by atoms with Gasteiger partial charge in [-0.3, -0.25) is 4.79 Å². The topological polar surface area (TPSA) is 26.3 Å². The molecule has 0 N–H and O–H groups in total. The summed E-state index contributed by atoms with van der Waals surface area (Å²) < 4.78 is 5.52. The van der Waals surface area contributed by atoms with Crippen molar-refractivity contribution in [3.63, 3.8) is 0 Å². The zero-order valence-corrected chi connectivity index (χ0v) is 9.66. The van der Waals surface area contributed by atoms with E-state index in [1.54, 1.807) is 7.11 Å². The van der Waals surface area contributed by atoms with Crippen LogP contribution in [0.15, 0.2) is 12.2 Å². The quantitative estimate of drug-likeness (QED) is 0.667. The molecule has 0 bridgehead atoms. The van der Waals surface area contributed by atoms with Crippen LogP contribution in [0.1, 0.15) is 39.0 Å². The van der Waals surface area contributed by atoms with Crippen LogP contribution in [-0.2, 0) is 9.53 Å². The lowest BCUT2D eigenvalue weighted by atomic mass is 9.60. The Hall–Kier alpha value is -0.630. The largest absolute Gasteiger partial charge is 0.377 e. The fourth-order valence-corrected chi connectivity index (χ4v) is 3.35. The smallest absolute Gasteiger partial charge is 0.139 e. The van der Waals surface area contributed by atoms with E-state index in [1.165, 1.54) is 6.42 Å². The van der Waals surface area contributed by atoms with Crippen molar-refractivity contribution in [2.75, 3.05) is 7.11 Å². The van der Waals surface area contributed by atoms with Crippen LogP contribution < -0.4 is 0 Å². The van der Waals surface area contributed by atoms with Gasteiger partial charge >= 0.3 is 0 Å². The number of rotatable bonds is 3. The normalized spacial score (nSPS) is 37.5. The predicted octanol–water partition coefficient (Wildman–Crippen LogP) is 2.73. The van der Waals surface area contributed by atoms with Crippen LogP contribution in [0.4, 0.5) is 0 Å². The molecule has 2 aliphatic rings. The van der Waals surface area contributed by atoms with E-state index in [0.717, 1.165) is 25.7 Å². The molecule has 2 aliphatic carbocycles. The van der Waals surface area contributed by atoms with Gasteiger partial charge in [0.25, 0.3) is 0 Å². The molecular weight excluding hydrogens is 188 g/mol. The summed E-state index contributed by atoms with van der Waals surface area (Å²) in [6, 6.07) is 0. The van der Waals surface area contributed by atoms with E-state index in [4.69, 9.17) is 4.74 Å². The zero-order valence-electron chi connectivity index (χ0n) is 9.66. The highest BCUT2D eigenvalue weighted by molar-refractivity contribution is 5.91. The van der Waals surface area contributed by atoms with E-state index >= 15 is 0 Å². The molecule has 15 heavy (non-hydrogen) atoms. The lowest BCUT2D eigenvalue weighted by molar-refractivity contribution is -0.144. The number of ketones is 1. The van der Waals surface area contributed by atoms with Crippen LogP contribution >= 0.6 is 0 Å². The van der Waals surface area contributed by atoms with E-state index in [0.29, 0.717) is 11.7 Å². The van der Waals surface area contributed by atoms with Gasteiger partial charge in [0.2, 0.25) is 0 Å². The summed E-state index contributed by atoms with van der Waals surface area (Å²) in [6.45, 7) is 2.01. The van der Waals surface area contributed by atoms with Crippen molar-refractivity contribution < 1.29 is 9.53 Å². The molecule has 0 aromatic carbocycles. The number of carbonyl (C=O) groups excluding carboxylic acids is 1. The molecule has 2 heteroatoms. The number of ether oxygens (including phenoxy) is 1. The Balaban J connectivity index is 2.16. The number of methoxy groups -OCH3 is 1. The minimum absolute atomic E-state index is 0.000185. The standard InChI is InChI=1S/C13H20O2/c1-3-5-11(15-2)10-6-4-8-13(10)9-7-12(13)14/h3,5,10-11H,4,6-9H2,1-2H3/b5-3+/t10-,11-,13-/m1/s1. The van der Waals surface area contributed by atoms with E-state index < -0.39 is 0 Å². The first-order valence-electron chi connectivity index (χ1n) is 5.93. The third kappa shape index (κ3) is 1.55. The Kier molecular flexibility index (Phi) is 2.96. The maximum Gasteiger partial charge on any atom is 0.139 e. The minimum Gasteiger partial charge on any atom is -0.377 e. The number of allylic oxidation sites excluding steroid dienone is 1. The number of hydrogen-bond acceptors (Lipinski definition) is 2. The van der Waals surface area contributed by atoms with Gasteiger partial charge in [0.05, 0.1) is 6.10 Å². The van der Waals surface area contributed by atoms with E-state index in [1.807, 2.05) is 13.0 Å². The fourth-order valence-electron chi connectivity index (χ4n) is 3.35. The monoisotopic (exact) mass is 208 g/mol. The average Bonchev–Trinajstić information content (AvgIpc) is 2.70. The maximum atomic E-state index is 11.8. The summed E-state index contributed by atoms with van der Waals surface area (Å²) >= 11 is 0. The molecule has 1 spiro atoms. The second kappa shape index (κ2) is 4.09. The lowest BCUT2D eigenvalue weighted by Crippen LogP contribution is -2.47. The highest BCUT2D eigenvalue weighted by Crippen LogP contribution is 2.55. The van der Waals surface area contributed by atoms with Gasteiger partial charge in [-0.15, -0.1) is 0 Å². The molecule has 2 nitrogen and oxygen atoms in total. The average molecular weight is 208 g/mol. The molecule has 0 saturated heterocycles. The van der Waals surface area contributed by atoms with Gasteiger partial charge in [-0.2, -0.15) is 0 Å². The molecule has 0 aliphatic heterocycles. The van der Waals surface area contributed by atoms with E-state index in [2.05, 4.69) is 6.08 Å². The van der Waals surface area contributed by atoms with Gasteiger partial charge in [0.1, 0.15) is 5.78 Å². The van der Waals surface area contributed by atoms with Crippen molar-refractivity contribution in [3.8, 4) is 0 Å². The van der Waals surface area contributed by atoms with Crippen molar-refractivity contribution in [3.05, 3.63) is 12.2 Å². The summed E-state index contributed by atoms with van der Waals surface area (Å²) in [4.78, 5) is 11.8. The van der Waals surface area contributed by atoms with Crippen LogP contribution in [0.2, 0.25) is 0 Å². The molecule has 2 saturated carbocycles. The summed E-state index contributed by atoms with van der Waals surface area (Å²) in [6.07, 6.45) is 9.58. The van der Waals surface area contributed by atoms with Gasteiger partial charge in [0.15, 0.2) is 0 Å². The number of Topliss-reactive ketones (excluding diaryl/α,β-unsaturated/α-hetero) is 1. The third-order valence-electron chi connectivity index (χ3n) is 4.25. The molecule has 0 amide bonds. The Morgan fingerprint density at radius 2 is 2.33 bits per heavy atom. The Bertz CT molecular complexity index is 282. The molecule has 2 fully saturated rings. The lowest BCUT2D eigenvalue weighted by Gasteiger charge is -2.43. The Labute approximate surface area is 91.7 Å². The Morgan fingerprint density at radius 3 is 2.80 bits per heavy atom. The molecule has 0 radical (unpaired) electrons. The minimum atomic E-state index is 0.000185. The predicted molar refractivity (Wildman–Crippen MR) is 59.6 cm³/mol. The van der Waals surface area contributed by atoms with Gasteiger partial charge < -0.3 is 4.74 Å². The molecule has 0 unspecified atom stereocenters. The molecule has 84 valence electrons. The SMILES string of the molecule is C/C=C/[C@@H](OC)[C@H]1CCC[C@@]12CCC2=O. The molecule has 0 heterocycles. The van der Waals surface area contributed by atoms with E-state index in [9.17, 15) is 4.79 Å². The highest BCUT2D eigenvalue weighted by Gasteiger charge is 2.55. The highest BCUT2D eigenvalue weighted by atomic mass is 16.5. The third-order valence-corrected chi connectivity index (χ3v) is 4.25. The maximum absolute atomic E-state index is 11.8. The van der Waals surface area contributed by atoms with Crippen molar-refractivity contribution in [2.45, 2.75) is 45.1 Å². The molecule has 0 aromatic rings.